The molecule has 3 aromatic rings. The molecule has 22 heavy (non-hydrogen) atoms. The summed E-state index contributed by atoms with van der Waals surface area (Å²) in [6.07, 6.45) is 2.44. The third-order valence-corrected chi connectivity index (χ3v) is 3.35. The van der Waals surface area contributed by atoms with Crippen molar-refractivity contribution >= 4 is 16.9 Å². The van der Waals surface area contributed by atoms with Crippen LogP contribution < -0.4 is 5.73 Å². The summed E-state index contributed by atoms with van der Waals surface area (Å²) in [6, 6.07) is 1.81. The van der Waals surface area contributed by atoms with E-state index >= 15 is 0 Å². The van der Waals surface area contributed by atoms with Gasteiger partial charge >= 0.3 is 0 Å². The van der Waals surface area contributed by atoms with Crippen LogP contribution in [0.1, 0.15) is 27.6 Å². The molecule has 0 aliphatic heterocycles. The highest BCUT2D eigenvalue weighted by atomic mass is 19.1. The number of benzene rings is 1. The Balaban J connectivity index is 2.19. The average Bonchev–Trinajstić information content (AvgIpc) is 2.90. The Morgan fingerprint density at radius 3 is 2.86 bits per heavy atom. The summed E-state index contributed by atoms with van der Waals surface area (Å²) in [5.41, 5.74) is 4.49. The zero-order valence-corrected chi connectivity index (χ0v) is 11.0. The van der Waals surface area contributed by atoms with E-state index in [4.69, 9.17) is 5.73 Å². The number of rotatable bonds is 3. The largest absolute Gasteiger partial charge is 0.383 e. The van der Waals surface area contributed by atoms with Gasteiger partial charge in [-0.15, -0.1) is 0 Å². The van der Waals surface area contributed by atoms with Gasteiger partial charge in [-0.3, -0.25) is 4.79 Å². The molecule has 0 spiro atoms. The van der Waals surface area contributed by atoms with Gasteiger partial charge in [0.15, 0.2) is 0 Å². The van der Waals surface area contributed by atoms with Gasteiger partial charge in [0.1, 0.15) is 29.7 Å². The van der Waals surface area contributed by atoms with Crippen molar-refractivity contribution in [3.8, 4) is 0 Å². The van der Waals surface area contributed by atoms with E-state index in [1.807, 2.05) is 0 Å². The SMILES string of the molecule is NC(=O)c1ccc(F)c(C(O)c2c[nH]c3ncncc23)c1F. The topological polar surface area (TPSA) is 105 Å². The molecule has 2 aromatic heterocycles. The van der Waals surface area contributed by atoms with Crippen LogP contribution in [0.2, 0.25) is 0 Å². The lowest BCUT2D eigenvalue weighted by atomic mass is 9.98. The lowest BCUT2D eigenvalue weighted by molar-refractivity contribution is 0.0995. The van der Waals surface area contributed by atoms with Crippen LogP contribution in [0.5, 0.6) is 0 Å². The third-order valence-electron chi connectivity index (χ3n) is 3.35. The van der Waals surface area contributed by atoms with Gasteiger partial charge in [-0.2, -0.15) is 0 Å². The molecule has 2 heterocycles. The highest BCUT2D eigenvalue weighted by Crippen LogP contribution is 2.31. The number of halogens is 2. The van der Waals surface area contributed by atoms with E-state index in [1.54, 1.807) is 0 Å². The lowest BCUT2D eigenvalue weighted by Gasteiger charge is -2.13. The summed E-state index contributed by atoms with van der Waals surface area (Å²) < 4.78 is 28.2. The Morgan fingerprint density at radius 2 is 2.14 bits per heavy atom. The van der Waals surface area contributed by atoms with Crippen LogP contribution in [0, 0.1) is 11.6 Å². The third kappa shape index (κ3) is 2.09. The molecular weight excluding hydrogens is 294 g/mol. The Bertz CT molecular complexity index is 878. The van der Waals surface area contributed by atoms with Crippen LogP contribution in [0.4, 0.5) is 8.78 Å². The number of hydrogen-bond acceptors (Lipinski definition) is 4. The Kier molecular flexibility index (Phi) is 3.30. The summed E-state index contributed by atoms with van der Waals surface area (Å²) in [5.74, 6) is -3.22. The number of aromatic nitrogens is 3. The lowest BCUT2D eigenvalue weighted by Crippen LogP contribution is -2.16. The number of H-pyrrole nitrogens is 1. The number of nitrogens with two attached hydrogens (primary N) is 1. The zero-order chi connectivity index (χ0) is 15.9. The highest BCUT2D eigenvalue weighted by molar-refractivity contribution is 5.93. The monoisotopic (exact) mass is 304 g/mol. The fourth-order valence-electron chi connectivity index (χ4n) is 2.27. The number of amides is 1. The first-order valence-corrected chi connectivity index (χ1v) is 6.23. The molecule has 1 aromatic carbocycles. The molecule has 0 aliphatic rings. The van der Waals surface area contributed by atoms with E-state index in [0.717, 1.165) is 12.1 Å². The standard InChI is InChI=1S/C14H10F2N4O2/c15-9-2-1-6(13(17)22)11(16)10(9)12(21)7-4-19-14-8(7)3-18-5-20-14/h1-5,12,21H,(H2,17,22)(H,18,19,20). The van der Waals surface area contributed by atoms with E-state index < -0.39 is 34.8 Å². The van der Waals surface area contributed by atoms with Crippen LogP contribution in [0.25, 0.3) is 11.0 Å². The van der Waals surface area contributed by atoms with Crippen LogP contribution in [0.3, 0.4) is 0 Å². The molecule has 1 atom stereocenters. The summed E-state index contributed by atoms with van der Waals surface area (Å²) in [5, 5.41) is 10.8. The number of carbonyl (C=O) groups excluding carboxylic acids is 1. The quantitative estimate of drug-likeness (QED) is 0.680. The maximum Gasteiger partial charge on any atom is 0.251 e. The van der Waals surface area contributed by atoms with Gasteiger partial charge in [0.25, 0.3) is 5.91 Å². The molecular formula is C14H10F2N4O2. The normalized spacial score (nSPS) is 12.5. The van der Waals surface area contributed by atoms with Gasteiger partial charge < -0.3 is 15.8 Å². The molecule has 0 saturated carbocycles. The maximum atomic E-state index is 14.3. The minimum Gasteiger partial charge on any atom is -0.383 e. The number of nitrogens with one attached hydrogen (secondary N) is 1. The number of aliphatic hydroxyl groups is 1. The van der Waals surface area contributed by atoms with Gasteiger partial charge in [0, 0.05) is 23.3 Å². The number of fused-ring (bicyclic) bond motifs is 1. The van der Waals surface area contributed by atoms with Crippen molar-refractivity contribution in [2.45, 2.75) is 6.10 Å². The van der Waals surface area contributed by atoms with Crippen molar-refractivity contribution in [1.29, 1.82) is 0 Å². The van der Waals surface area contributed by atoms with E-state index in [9.17, 15) is 18.7 Å². The summed E-state index contributed by atoms with van der Waals surface area (Å²) in [4.78, 5) is 21.7. The van der Waals surface area contributed by atoms with Crippen LogP contribution in [-0.2, 0) is 0 Å². The van der Waals surface area contributed by atoms with Crippen molar-refractivity contribution in [3.05, 3.63) is 59.2 Å². The van der Waals surface area contributed by atoms with Gasteiger partial charge in [-0.25, -0.2) is 18.7 Å². The minimum atomic E-state index is -1.64. The van der Waals surface area contributed by atoms with E-state index in [-0.39, 0.29) is 5.56 Å². The molecule has 0 bridgehead atoms. The number of carbonyl (C=O) groups is 1. The number of primary amides is 1. The van der Waals surface area contributed by atoms with Crippen molar-refractivity contribution in [1.82, 2.24) is 15.0 Å². The van der Waals surface area contributed by atoms with Crippen molar-refractivity contribution < 1.29 is 18.7 Å². The van der Waals surface area contributed by atoms with Crippen LogP contribution in [0.15, 0.2) is 30.9 Å². The van der Waals surface area contributed by atoms with E-state index in [0.29, 0.717) is 11.0 Å². The van der Waals surface area contributed by atoms with E-state index in [1.165, 1.54) is 18.7 Å². The second kappa shape index (κ2) is 5.15. The summed E-state index contributed by atoms with van der Waals surface area (Å²) in [7, 11) is 0. The first-order chi connectivity index (χ1) is 10.5. The number of hydrogen-bond donors (Lipinski definition) is 3. The smallest absolute Gasteiger partial charge is 0.251 e. The van der Waals surface area contributed by atoms with Crippen molar-refractivity contribution in [2.75, 3.05) is 0 Å². The zero-order valence-electron chi connectivity index (χ0n) is 11.0. The molecule has 0 aliphatic carbocycles. The molecule has 112 valence electrons. The first-order valence-electron chi connectivity index (χ1n) is 6.23. The molecule has 1 amide bonds. The molecule has 6 nitrogen and oxygen atoms in total. The predicted octanol–water partition coefficient (Wildman–Crippen LogP) is 1.42. The number of aliphatic hydroxyl groups excluding tert-OH is 1. The molecule has 8 heteroatoms. The molecule has 0 saturated heterocycles. The summed E-state index contributed by atoms with van der Waals surface area (Å²) in [6.45, 7) is 0. The molecule has 4 N–H and O–H groups in total. The highest BCUT2D eigenvalue weighted by Gasteiger charge is 2.26. The van der Waals surface area contributed by atoms with Crippen molar-refractivity contribution in [2.24, 2.45) is 5.73 Å². The van der Waals surface area contributed by atoms with Crippen molar-refractivity contribution in [3.63, 3.8) is 0 Å². The number of aromatic amines is 1. The minimum absolute atomic E-state index is 0.190. The molecule has 1 unspecified atom stereocenters. The second-order valence-corrected chi connectivity index (χ2v) is 4.62. The van der Waals surface area contributed by atoms with Gasteiger partial charge in [-0.1, -0.05) is 0 Å². The molecule has 3 rings (SSSR count). The van der Waals surface area contributed by atoms with Gasteiger partial charge in [0.2, 0.25) is 0 Å². The molecule has 0 fully saturated rings. The molecule has 0 radical (unpaired) electrons. The Hall–Kier alpha value is -2.87. The Morgan fingerprint density at radius 1 is 1.36 bits per heavy atom. The van der Waals surface area contributed by atoms with Gasteiger partial charge in [-0.05, 0) is 12.1 Å². The van der Waals surface area contributed by atoms with Crippen LogP contribution >= 0.6 is 0 Å². The fraction of sp³-hybridized carbons (Fsp3) is 0.0714. The maximum absolute atomic E-state index is 14.3. The summed E-state index contributed by atoms with van der Waals surface area (Å²) >= 11 is 0. The average molecular weight is 304 g/mol. The first kappa shape index (κ1) is 14.1. The van der Waals surface area contributed by atoms with Gasteiger partial charge in [0.05, 0.1) is 11.1 Å². The predicted molar refractivity (Wildman–Crippen MR) is 72.8 cm³/mol. The van der Waals surface area contributed by atoms with Crippen LogP contribution in [-0.4, -0.2) is 26.0 Å². The Labute approximate surface area is 122 Å². The number of nitrogens with zero attached hydrogens (tertiary/aromatic N) is 2. The fourth-order valence-corrected chi connectivity index (χ4v) is 2.27. The van der Waals surface area contributed by atoms with E-state index in [2.05, 4.69) is 15.0 Å². The second-order valence-electron chi connectivity index (χ2n) is 4.62.